The van der Waals surface area contributed by atoms with Crippen molar-refractivity contribution in [3.63, 3.8) is 0 Å². The number of hydrogen-bond acceptors (Lipinski definition) is 4. The largest absolute Gasteiger partial charge is 0.488 e. The van der Waals surface area contributed by atoms with Crippen molar-refractivity contribution in [1.82, 2.24) is 5.48 Å². The van der Waals surface area contributed by atoms with E-state index < -0.39 is 11.9 Å². The van der Waals surface area contributed by atoms with E-state index in [-0.39, 0.29) is 12.0 Å². The van der Waals surface area contributed by atoms with Crippen molar-refractivity contribution in [2.75, 3.05) is 13.2 Å². The molecule has 0 spiro atoms. The first-order valence-corrected chi connectivity index (χ1v) is 9.13. The predicted octanol–water partition coefficient (Wildman–Crippen LogP) is 5.12. The van der Waals surface area contributed by atoms with Crippen molar-refractivity contribution in [2.24, 2.45) is 0 Å². The molecule has 3 rings (SSSR count). The Hall–Kier alpha value is -1.37. The SMILES string of the molecule is CC(c1ccc(OC2CCOC2)cc1F)C(NO)c1ccc(Cl)c(Cl)c1. The lowest BCUT2D eigenvalue weighted by Crippen LogP contribution is -2.23. The molecule has 1 fully saturated rings. The molecule has 140 valence electrons. The summed E-state index contributed by atoms with van der Waals surface area (Å²) in [7, 11) is 0. The smallest absolute Gasteiger partial charge is 0.130 e. The van der Waals surface area contributed by atoms with E-state index in [9.17, 15) is 9.60 Å². The highest BCUT2D eigenvalue weighted by Crippen LogP contribution is 2.35. The van der Waals surface area contributed by atoms with Crippen molar-refractivity contribution >= 4 is 23.2 Å². The van der Waals surface area contributed by atoms with Gasteiger partial charge >= 0.3 is 0 Å². The minimum atomic E-state index is -0.547. The molecule has 2 aromatic carbocycles. The summed E-state index contributed by atoms with van der Waals surface area (Å²) in [6.07, 6.45) is 0.758. The lowest BCUT2D eigenvalue weighted by atomic mass is 9.88. The average molecular weight is 400 g/mol. The summed E-state index contributed by atoms with van der Waals surface area (Å²) in [4.78, 5) is 0. The van der Waals surface area contributed by atoms with Crippen LogP contribution in [0.5, 0.6) is 5.75 Å². The Kier molecular flexibility index (Phi) is 6.37. The molecule has 1 aliphatic heterocycles. The molecular formula is C19H20Cl2FNO3. The van der Waals surface area contributed by atoms with Gasteiger partial charge in [0.1, 0.15) is 17.7 Å². The fourth-order valence-electron chi connectivity index (χ4n) is 3.11. The lowest BCUT2D eigenvalue weighted by Gasteiger charge is -2.24. The predicted molar refractivity (Wildman–Crippen MR) is 98.8 cm³/mol. The summed E-state index contributed by atoms with van der Waals surface area (Å²) in [5.41, 5.74) is 3.41. The van der Waals surface area contributed by atoms with Crippen molar-refractivity contribution in [3.8, 4) is 5.75 Å². The average Bonchev–Trinajstić information content (AvgIpc) is 3.11. The summed E-state index contributed by atoms with van der Waals surface area (Å²) in [5, 5.41) is 10.4. The van der Waals surface area contributed by atoms with Gasteiger partial charge in [0.15, 0.2) is 0 Å². The van der Waals surface area contributed by atoms with Crippen LogP contribution in [0.15, 0.2) is 36.4 Å². The molecule has 26 heavy (non-hydrogen) atoms. The number of rotatable bonds is 6. The fourth-order valence-corrected chi connectivity index (χ4v) is 3.42. The molecule has 1 heterocycles. The van der Waals surface area contributed by atoms with Crippen LogP contribution in [0, 0.1) is 5.82 Å². The number of benzene rings is 2. The number of halogens is 3. The van der Waals surface area contributed by atoms with Gasteiger partial charge in [-0.1, -0.05) is 42.3 Å². The van der Waals surface area contributed by atoms with Gasteiger partial charge in [-0.25, -0.2) is 4.39 Å². The molecule has 0 radical (unpaired) electrons. The van der Waals surface area contributed by atoms with Crippen LogP contribution in [-0.4, -0.2) is 24.5 Å². The van der Waals surface area contributed by atoms with Crippen molar-refractivity contribution in [3.05, 3.63) is 63.4 Å². The van der Waals surface area contributed by atoms with Crippen molar-refractivity contribution < 1.29 is 19.1 Å². The number of nitrogens with one attached hydrogen (secondary N) is 1. The second-order valence-corrected chi connectivity index (χ2v) is 7.17. The molecule has 2 aromatic rings. The quantitative estimate of drug-likeness (QED) is 0.661. The van der Waals surface area contributed by atoms with Crippen molar-refractivity contribution in [2.45, 2.75) is 31.4 Å². The highest BCUT2D eigenvalue weighted by molar-refractivity contribution is 6.42. The van der Waals surface area contributed by atoms with Gasteiger partial charge in [-0.05, 0) is 29.3 Å². The van der Waals surface area contributed by atoms with E-state index in [4.69, 9.17) is 32.7 Å². The Labute approximate surface area is 161 Å². The molecule has 0 amide bonds. The summed E-state index contributed by atoms with van der Waals surface area (Å²) >= 11 is 12.0. The monoisotopic (exact) mass is 399 g/mol. The van der Waals surface area contributed by atoms with Crippen LogP contribution < -0.4 is 10.2 Å². The third-order valence-electron chi connectivity index (χ3n) is 4.59. The lowest BCUT2D eigenvalue weighted by molar-refractivity contribution is 0.115. The van der Waals surface area contributed by atoms with Gasteiger partial charge in [-0.2, -0.15) is 5.48 Å². The first-order chi connectivity index (χ1) is 12.5. The van der Waals surface area contributed by atoms with Gasteiger partial charge in [0.2, 0.25) is 0 Å². The van der Waals surface area contributed by atoms with Crippen LogP contribution >= 0.6 is 23.2 Å². The summed E-state index contributed by atoms with van der Waals surface area (Å²) in [5.74, 6) is -0.285. The van der Waals surface area contributed by atoms with E-state index in [2.05, 4.69) is 5.48 Å². The zero-order valence-corrected chi connectivity index (χ0v) is 15.7. The maximum Gasteiger partial charge on any atom is 0.130 e. The first-order valence-electron chi connectivity index (χ1n) is 8.38. The van der Waals surface area contributed by atoms with Gasteiger partial charge < -0.3 is 14.7 Å². The van der Waals surface area contributed by atoms with E-state index in [0.717, 1.165) is 6.42 Å². The maximum atomic E-state index is 14.7. The Balaban J connectivity index is 1.80. The summed E-state index contributed by atoms with van der Waals surface area (Å²) in [6, 6.07) is 9.27. The fraction of sp³-hybridized carbons (Fsp3) is 0.368. The van der Waals surface area contributed by atoms with E-state index in [1.165, 1.54) is 6.07 Å². The number of hydrogen-bond donors (Lipinski definition) is 2. The molecule has 7 heteroatoms. The van der Waals surface area contributed by atoms with Crippen LogP contribution in [-0.2, 0) is 4.74 Å². The zero-order valence-electron chi connectivity index (χ0n) is 14.2. The van der Waals surface area contributed by atoms with E-state index in [1.807, 2.05) is 6.92 Å². The van der Waals surface area contributed by atoms with Crippen LogP contribution in [0.1, 0.15) is 36.4 Å². The van der Waals surface area contributed by atoms with Gasteiger partial charge in [-0.3, -0.25) is 0 Å². The molecule has 2 N–H and O–H groups in total. The maximum absolute atomic E-state index is 14.7. The van der Waals surface area contributed by atoms with Crippen molar-refractivity contribution in [1.29, 1.82) is 0 Å². The Morgan fingerprint density at radius 2 is 2.04 bits per heavy atom. The molecule has 4 nitrogen and oxygen atoms in total. The summed E-state index contributed by atoms with van der Waals surface area (Å²) < 4.78 is 25.7. The Morgan fingerprint density at radius 1 is 1.23 bits per heavy atom. The normalized spacial score (nSPS) is 19.3. The van der Waals surface area contributed by atoms with Crippen LogP contribution in [0.4, 0.5) is 4.39 Å². The molecule has 0 saturated carbocycles. The van der Waals surface area contributed by atoms with Gasteiger partial charge in [0.05, 0.1) is 29.3 Å². The van der Waals surface area contributed by atoms with Gasteiger partial charge in [-0.15, -0.1) is 0 Å². The third-order valence-corrected chi connectivity index (χ3v) is 5.33. The highest BCUT2D eigenvalue weighted by atomic mass is 35.5. The molecule has 3 atom stereocenters. The second-order valence-electron chi connectivity index (χ2n) is 6.36. The van der Waals surface area contributed by atoms with Gasteiger partial charge in [0.25, 0.3) is 0 Å². The zero-order chi connectivity index (χ0) is 18.7. The van der Waals surface area contributed by atoms with E-state index in [0.29, 0.717) is 40.1 Å². The van der Waals surface area contributed by atoms with Crippen LogP contribution in [0.2, 0.25) is 10.0 Å². The highest BCUT2D eigenvalue weighted by Gasteiger charge is 2.24. The molecule has 0 aliphatic carbocycles. The van der Waals surface area contributed by atoms with Gasteiger partial charge in [0, 0.05) is 18.4 Å². The van der Waals surface area contributed by atoms with E-state index >= 15 is 0 Å². The second kappa shape index (κ2) is 8.55. The Morgan fingerprint density at radius 3 is 2.65 bits per heavy atom. The number of hydroxylamine groups is 1. The standard InChI is InChI=1S/C19H20Cl2FNO3/c1-11(19(23-24)12-2-5-16(20)17(21)8-12)15-4-3-13(9-18(15)22)26-14-6-7-25-10-14/h2-5,8-9,11,14,19,23-24H,6-7,10H2,1H3. The third kappa shape index (κ3) is 4.30. The Bertz CT molecular complexity index is 768. The molecule has 3 unspecified atom stereocenters. The molecule has 0 aromatic heterocycles. The minimum absolute atomic E-state index is 0.0410. The first kappa shape index (κ1) is 19.4. The van der Waals surface area contributed by atoms with Crippen LogP contribution in [0.25, 0.3) is 0 Å². The molecular weight excluding hydrogens is 380 g/mol. The molecule has 0 bridgehead atoms. The van der Waals surface area contributed by atoms with Crippen LogP contribution in [0.3, 0.4) is 0 Å². The van der Waals surface area contributed by atoms with E-state index in [1.54, 1.807) is 30.3 Å². The summed E-state index contributed by atoms with van der Waals surface area (Å²) in [6.45, 7) is 3.00. The molecule has 1 saturated heterocycles. The minimum Gasteiger partial charge on any atom is -0.488 e. The topological polar surface area (TPSA) is 50.7 Å². The molecule has 1 aliphatic rings. The number of ether oxygens (including phenoxy) is 2.